The Kier molecular flexibility index (Phi) is 6.95. The van der Waals surface area contributed by atoms with Crippen LogP contribution in [0.1, 0.15) is 41.5 Å². The van der Waals surface area contributed by atoms with Crippen molar-refractivity contribution in [1.82, 2.24) is 4.98 Å². The quantitative estimate of drug-likeness (QED) is 0.343. The number of methoxy groups -OCH3 is 2. The second kappa shape index (κ2) is 9.31. The Morgan fingerprint density at radius 2 is 1.42 bits per heavy atom. The maximum atomic E-state index is 6.84. The molecule has 166 valence electrons. The summed E-state index contributed by atoms with van der Waals surface area (Å²) < 4.78 is 18.2. The molecule has 0 saturated carbocycles. The zero-order valence-corrected chi connectivity index (χ0v) is 21.0. The molecule has 2 aromatic carbocycles. The van der Waals surface area contributed by atoms with Crippen LogP contribution in [0.15, 0.2) is 48.8 Å². The lowest BCUT2D eigenvalue weighted by Gasteiger charge is -2.42. The van der Waals surface area contributed by atoms with Crippen molar-refractivity contribution in [2.45, 2.75) is 58.2 Å². The van der Waals surface area contributed by atoms with Gasteiger partial charge < -0.3 is 13.9 Å². The third kappa shape index (κ3) is 4.16. The molecule has 1 aromatic heterocycles. The monoisotopic (exact) mass is 437 g/mol. The van der Waals surface area contributed by atoms with Gasteiger partial charge >= 0.3 is 0 Å². The predicted molar refractivity (Wildman–Crippen MR) is 132 cm³/mol. The van der Waals surface area contributed by atoms with Crippen molar-refractivity contribution in [2.24, 2.45) is 0 Å². The first-order chi connectivity index (χ1) is 14.8. The van der Waals surface area contributed by atoms with Crippen molar-refractivity contribution in [1.29, 1.82) is 0 Å². The maximum Gasteiger partial charge on any atom is 0.258 e. The van der Waals surface area contributed by atoms with Crippen molar-refractivity contribution >= 4 is 19.1 Å². The molecular formula is C26H35NO3Si. The van der Waals surface area contributed by atoms with Gasteiger partial charge in [0, 0.05) is 23.3 Å². The fraction of sp³-hybridized carbons (Fsp3) is 0.423. The molecule has 5 heteroatoms. The number of nitrogens with zero attached hydrogens (tertiary/aromatic N) is 1. The molecule has 1 heterocycles. The van der Waals surface area contributed by atoms with E-state index in [2.05, 4.69) is 70.8 Å². The number of rotatable bonds is 8. The summed E-state index contributed by atoms with van der Waals surface area (Å²) in [5, 5.41) is 2.10. The maximum absolute atomic E-state index is 6.84. The number of pyridine rings is 1. The first-order valence-corrected chi connectivity index (χ1v) is 13.2. The van der Waals surface area contributed by atoms with E-state index in [9.17, 15) is 0 Å². The second-order valence-electron chi connectivity index (χ2n) is 9.03. The normalized spacial score (nSPS) is 12.1. The SMILES string of the molecule is COc1cc2ccncc2c(-c2ccc(O[Si](C(C)C)(C(C)C)C(C)C)cc2)c1OC. The van der Waals surface area contributed by atoms with Crippen molar-refractivity contribution in [3.63, 3.8) is 0 Å². The third-order valence-corrected chi connectivity index (χ3v) is 12.4. The molecule has 3 aromatic rings. The van der Waals surface area contributed by atoms with E-state index in [1.807, 2.05) is 18.3 Å². The van der Waals surface area contributed by atoms with Gasteiger partial charge in [-0.2, -0.15) is 0 Å². The van der Waals surface area contributed by atoms with Crippen LogP contribution >= 0.6 is 0 Å². The molecular weight excluding hydrogens is 402 g/mol. The summed E-state index contributed by atoms with van der Waals surface area (Å²) in [6, 6.07) is 12.4. The van der Waals surface area contributed by atoms with Crippen molar-refractivity contribution in [3.8, 4) is 28.4 Å². The van der Waals surface area contributed by atoms with Gasteiger partial charge in [-0.3, -0.25) is 4.98 Å². The number of aromatic nitrogens is 1. The van der Waals surface area contributed by atoms with E-state index in [1.54, 1.807) is 20.4 Å². The van der Waals surface area contributed by atoms with Gasteiger partial charge in [-0.05, 0) is 51.8 Å². The Hall–Kier alpha value is -2.53. The highest BCUT2D eigenvalue weighted by atomic mass is 28.4. The van der Waals surface area contributed by atoms with Crippen LogP contribution in [0.4, 0.5) is 0 Å². The van der Waals surface area contributed by atoms with E-state index in [1.165, 1.54) is 0 Å². The summed E-state index contributed by atoms with van der Waals surface area (Å²) in [6.07, 6.45) is 3.67. The fourth-order valence-corrected chi connectivity index (χ4v) is 10.3. The highest BCUT2D eigenvalue weighted by molar-refractivity contribution is 6.78. The molecule has 0 amide bonds. The Balaban J connectivity index is 2.09. The Labute approximate surface area is 187 Å². The fourth-order valence-electron chi connectivity index (χ4n) is 5.08. The average molecular weight is 438 g/mol. The number of ether oxygens (including phenoxy) is 2. The predicted octanol–water partition coefficient (Wildman–Crippen LogP) is 7.47. The van der Waals surface area contributed by atoms with E-state index in [0.29, 0.717) is 28.1 Å². The van der Waals surface area contributed by atoms with Crippen LogP contribution in [-0.2, 0) is 0 Å². The Bertz CT molecular complexity index is 1010. The largest absolute Gasteiger partial charge is 0.543 e. The summed E-state index contributed by atoms with van der Waals surface area (Å²) in [5.74, 6) is 2.37. The van der Waals surface area contributed by atoms with E-state index >= 15 is 0 Å². The Morgan fingerprint density at radius 3 is 1.94 bits per heavy atom. The minimum Gasteiger partial charge on any atom is -0.543 e. The number of benzene rings is 2. The number of fused-ring (bicyclic) bond motifs is 1. The minimum atomic E-state index is -2.00. The topological polar surface area (TPSA) is 40.6 Å². The number of hydrogen-bond donors (Lipinski definition) is 0. The van der Waals surface area contributed by atoms with Crippen molar-refractivity contribution < 1.29 is 13.9 Å². The zero-order chi connectivity index (χ0) is 22.8. The summed E-state index contributed by atoms with van der Waals surface area (Å²) in [7, 11) is 1.35. The lowest BCUT2D eigenvalue weighted by Crippen LogP contribution is -2.50. The first-order valence-electron chi connectivity index (χ1n) is 11.0. The molecule has 0 aliphatic rings. The summed E-state index contributed by atoms with van der Waals surface area (Å²) in [5.41, 5.74) is 3.62. The summed E-state index contributed by atoms with van der Waals surface area (Å²) in [6.45, 7) is 13.8. The Morgan fingerprint density at radius 1 is 0.806 bits per heavy atom. The van der Waals surface area contributed by atoms with Crippen molar-refractivity contribution in [2.75, 3.05) is 14.2 Å². The molecule has 0 saturated heterocycles. The lowest BCUT2D eigenvalue weighted by atomic mass is 9.97. The molecule has 0 fully saturated rings. The van der Waals surface area contributed by atoms with Crippen LogP contribution in [0.5, 0.6) is 17.2 Å². The van der Waals surface area contributed by atoms with Crippen molar-refractivity contribution in [3.05, 3.63) is 48.8 Å². The third-order valence-electron chi connectivity index (χ3n) is 6.43. The minimum absolute atomic E-state index is 0.528. The molecule has 0 radical (unpaired) electrons. The van der Waals surface area contributed by atoms with Gasteiger partial charge in [0.1, 0.15) is 5.75 Å². The molecule has 0 spiro atoms. The van der Waals surface area contributed by atoms with Crippen LogP contribution in [0.25, 0.3) is 21.9 Å². The molecule has 4 nitrogen and oxygen atoms in total. The first kappa shape index (κ1) is 23.1. The standard InChI is InChI=1S/C26H35NO3Si/c1-17(2)31(18(3)4,19(5)6)30-22-11-9-20(10-12-22)25-23-16-27-14-13-21(23)15-24(28-7)26(25)29-8/h9-19H,1-8H3. The highest BCUT2D eigenvalue weighted by Gasteiger charge is 2.46. The van der Waals surface area contributed by atoms with E-state index in [4.69, 9.17) is 13.9 Å². The van der Waals surface area contributed by atoms with Gasteiger partial charge in [0.15, 0.2) is 11.5 Å². The molecule has 31 heavy (non-hydrogen) atoms. The summed E-state index contributed by atoms with van der Waals surface area (Å²) >= 11 is 0. The van der Waals surface area contributed by atoms with Gasteiger partial charge in [0.05, 0.1) is 14.2 Å². The van der Waals surface area contributed by atoms with Crippen LogP contribution in [-0.4, -0.2) is 27.5 Å². The molecule has 0 unspecified atom stereocenters. The van der Waals surface area contributed by atoms with Gasteiger partial charge in [-0.1, -0.05) is 53.7 Å². The van der Waals surface area contributed by atoms with E-state index in [-0.39, 0.29) is 0 Å². The highest BCUT2D eigenvalue weighted by Crippen LogP contribution is 2.45. The average Bonchev–Trinajstić information content (AvgIpc) is 2.75. The van der Waals surface area contributed by atoms with Gasteiger partial charge in [-0.25, -0.2) is 0 Å². The van der Waals surface area contributed by atoms with Gasteiger partial charge in [0.2, 0.25) is 0 Å². The van der Waals surface area contributed by atoms with Gasteiger partial charge in [0.25, 0.3) is 8.32 Å². The van der Waals surface area contributed by atoms with E-state index in [0.717, 1.165) is 27.6 Å². The number of hydrogen-bond acceptors (Lipinski definition) is 4. The van der Waals surface area contributed by atoms with Crippen LogP contribution in [0.3, 0.4) is 0 Å². The van der Waals surface area contributed by atoms with Crippen LogP contribution in [0.2, 0.25) is 16.6 Å². The van der Waals surface area contributed by atoms with Crippen LogP contribution in [0, 0.1) is 0 Å². The molecule has 0 aliphatic carbocycles. The molecule has 3 rings (SSSR count). The molecule has 0 N–H and O–H groups in total. The second-order valence-corrected chi connectivity index (χ2v) is 14.4. The smallest absolute Gasteiger partial charge is 0.258 e. The van der Waals surface area contributed by atoms with Crippen LogP contribution < -0.4 is 13.9 Å². The summed E-state index contributed by atoms with van der Waals surface area (Å²) in [4.78, 5) is 4.34. The molecule has 0 atom stereocenters. The zero-order valence-electron chi connectivity index (χ0n) is 20.0. The van der Waals surface area contributed by atoms with Gasteiger partial charge in [-0.15, -0.1) is 0 Å². The molecule has 0 bridgehead atoms. The van der Waals surface area contributed by atoms with E-state index < -0.39 is 8.32 Å². The molecule has 0 aliphatic heterocycles. The lowest BCUT2D eigenvalue weighted by molar-refractivity contribution is 0.357.